The SMILES string of the molecule is C[NH+](CC(=O)N(C1CCCC1)[C@H]1CCS(=O)(=O)C1)Cc1c(F)cccc1Cl. The minimum atomic E-state index is -3.06. The zero-order valence-corrected chi connectivity index (χ0v) is 17.2. The number of benzene rings is 1. The van der Waals surface area contributed by atoms with E-state index < -0.39 is 9.84 Å². The van der Waals surface area contributed by atoms with E-state index in [-0.39, 0.29) is 41.9 Å². The molecule has 0 radical (unpaired) electrons. The molecule has 1 saturated carbocycles. The van der Waals surface area contributed by atoms with E-state index in [9.17, 15) is 17.6 Å². The molecule has 27 heavy (non-hydrogen) atoms. The van der Waals surface area contributed by atoms with Crippen LogP contribution in [0.4, 0.5) is 4.39 Å². The van der Waals surface area contributed by atoms with E-state index in [2.05, 4.69) is 0 Å². The van der Waals surface area contributed by atoms with E-state index in [0.717, 1.165) is 30.6 Å². The maximum atomic E-state index is 14.0. The Bertz CT molecular complexity index is 776. The van der Waals surface area contributed by atoms with Crippen molar-refractivity contribution in [2.75, 3.05) is 25.1 Å². The van der Waals surface area contributed by atoms with E-state index in [0.29, 0.717) is 23.6 Å². The number of halogens is 2. The fourth-order valence-electron chi connectivity index (χ4n) is 4.30. The Morgan fingerprint density at radius 1 is 1.26 bits per heavy atom. The normalized spacial score (nSPS) is 23.4. The third-order valence-corrected chi connectivity index (χ3v) is 7.71. The monoisotopic (exact) mass is 417 g/mol. The Labute approximate surface area is 165 Å². The van der Waals surface area contributed by atoms with Crippen LogP contribution < -0.4 is 4.90 Å². The lowest BCUT2D eigenvalue weighted by Crippen LogP contribution is -3.09. The molecular weight excluding hydrogens is 391 g/mol. The first-order valence-corrected chi connectivity index (χ1v) is 11.7. The summed E-state index contributed by atoms with van der Waals surface area (Å²) in [5.74, 6) is -0.201. The average molecular weight is 418 g/mol. The molecule has 1 heterocycles. The second-order valence-electron chi connectivity index (χ2n) is 7.81. The van der Waals surface area contributed by atoms with Crippen molar-refractivity contribution in [3.8, 4) is 0 Å². The van der Waals surface area contributed by atoms with Crippen molar-refractivity contribution in [3.63, 3.8) is 0 Å². The number of carbonyl (C=O) groups excluding carboxylic acids is 1. The van der Waals surface area contributed by atoms with Crippen molar-refractivity contribution in [2.45, 2.75) is 50.7 Å². The van der Waals surface area contributed by atoms with Crippen LogP contribution in [-0.4, -0.2) is 56.4 Å². The Morgan fingerprint density at radius 3 is 2.56 bits per heavy atom. The number of nitrogens with zero attached hydrogens (tertiary/aromatic N) is 1. The molecule has 0 spiro atoms. The van der Waals surface area contributed by atoms with E-state index >= 15 is 0 Å². The summed E-state index contributed by atoms with van der Waals surface area (Å²) in [6.45, 7) is 0.496. The molecule has 2 fully saturated rings. The van der Waals surface area contributed by atoms with Gasteiger partial charge in [-0.2, -0.15) is 0 Å². The number of quaternary nitrogens is 1. The number of likely N-dealkylation sites (N-methyl/N-ethyl adjacent to an activating group) is 1. The summed E-state index contributed by atoms with van der Waals surface area (Å²) in [5.41, 5.74) is 0.403. The molecule has 8 heteroatoms. The highest BCUT2D eigenvalue weighted by Gasteiger charge is 2.39. The first-order chi connectivity index (χ1) is 12.8. The lowest BCUT2D eigenvalue weighted by molar-refractivity contribution is -0.885. The van der Waals surface area contributed by atoms with Crippen LogP contribution in [0.15, 0.2) is 18.2 Å². The number of hydrogen-bond acceptors (Lipinski definition) is 3. The largest absolute Gasteiger partial charge is 0.331 e. The Balaban J connectivity index is 1.70. The quantitative estimate of drug-likeness (QED) is 0.762. The molecule has 5 nitrogen and oxygen atoms in total. The van der Waals surface area contributed by atoms with Crippen LogP contribution in [0, 0.1) is 5.82 Å². The van der Waals surface area contributed by atoms with Gasteiger partial charge in [-0.05, 0) is 31.4 Å². The summed E-state index contributed by atoms with van der Waals surface area (Å²) in [5, 5.41) is 0.358. The van der Waals surface area contributed by atoms with E-state index in [4.69, 9.17) is 11.6 Å². The second-order valence-corrected chi connectivity index (χ2v) is 10.4. The van der Waals surface area contributed by atoms with Gasteiger partial charge in [-0.15, -0.1) is 0 Å². The van der Waals surface area contributed by atoms with Gasteiger partial charge in [0.15, 0.2) is 16.4 Å². The fraction of sp³-hybridized carbons (Fsp3) is 0.632. The summed E-state index contributed by atoms with van der Waals surface area (Å²) in [6.07, 6.45) is 4.52. The van der Waals surface area contributed by atoms with Crippen LogP contribution in [0.5, 0.6) is 0 Å². The molecule has 1 aromatic rings. The molecule has 3 rings (SSSR count). The van der Waals surface area contributed by atoms with Gasteiger partial charge in [0.05, 0.1) is 29.1 Å². The fourth-order valence-corrected chi connectivity index (χ4v) is 6.24. The summed E-state index contributed by atoms with van der Waals surface area (Å²) < 4.78 is 37.9. The number of hydrogen-bond donors (Lipinski definition) is 1. The van der Waals surface area contributed by atoms with Crippen LogP contribution >= 0.6 is 11.6 Å². The maximum absolute atomic E-state index is 14.0. The summed E-state index contributed by atoms with van der Waals surface area (Å²) in [7, 11) is -1.23. The Morgan fingerprint density at radius 2 is 1.96 bits per heavy atom. The van der Waals surface area contributed by atoms with Crippen LogP contribution in [0.25, 0.3) is 0 Å². The molecule has 0 aromatic heterocycles. The van der Waals surface area contributed by atoms with Gasteiger partial charge in [0.2, 0.25) is 0 Å². The molecule has 1 N–H and O–H groups in total. The average Bonchev–Trinajstić information content (AvgIpc) is 3.21. The summed E-state index contributed by atoms with van der Waals surface area (Å²) in [6, 6.07) is 4.47. The van der Waals surface area contributed by atoms with E-state index in [1.807, 2.05) is 11.9 Å². The number of rotatable bonds is 6. The molecule has 1 aliphatic carbocycles. The summed E-state index contributed by atoms with van der Waals surface area (Å²) >= 11 is 6.10. The summed E-state index contributed by atoms with van der Waals surface area (Å²) in [4.78, 5) is 15.7. The molecule has 1 unspecified atom stereocenters. The smallest absolute Gasteiger partial charge is 0.278 e. The number of sulfone groups is 1. The van der Waals surface area contributed by atoms with Gasteiger partial charge in [0.25, 0.3) is 5.91 Å². The topological polar surface area (TPSA) is 58.9 Å². The van der Waals surface area contributed by atoms with Gasteiger partial charge in [-0.25, -0.2) is 12.8 Å². The third-order valence-electron chi connectivity index (χ3n) is 5.60. The highest BCUT2D eigenvalue weighted by atomic mass is 35.5. The molecular formula is C19H27ClFN2O3S+. The molecule has 150 valence electrons. The van der Waals surface area contributed by atoms with E-state index in [1.54, 1.807) is 12.1 Å². The van der Waals surface area contributed by atoms with Gasteiger partial charge >= 0.3 is 0 Å². The zero-order chi connectivity index (χ0) is 19.6. The van der Waals surface area contributed by atoms with Crippen molar-refractivity contribution < 1.29 is 22.5 Å². The molecule has 2 atom stereocenters. The van der Waals surface area contributed by atoms with Crippen LogP contribution in [0.2, 0.25) is 5.02 Å². The highest BCUT2D eigenvalue weighted by Crippen LogP contribution is 2.29. The van der Waals surface area contributed by atoms with Crippen molar-refractivity contribution in [2.24, 2.45) is 0 Å². The third kappa shape index (κ3) is 5.00. The highest BCUT2D eigenvalue weighted by molar-refractivity contribution is 7.91. The molecule has 1 aliphatic heterocycles. The first-order valence-electron chi connectivity index (χ1n) is 9.52. The lowest BCUT2D eigenvalue weighted by atomic mass is 10.1. The van der Waals surface area contributed by atoms with Gasteiger partial charge in [-0.3, -0.25) is 4.79 Å². The minimum absolute atomic E-state index is 0.0473. The standard InChI is InChI=1S/C19H26ClFN2O3S/c1-22(11-16-17(20)7-4-8-18(16)21)12-19(24)23(14-5-2-3-6-14)15-9-10-27(25,26)13-15/h4,7-8,14-15H,2-3,5-6,9-13H2,1H3/p+1/t15-/m0/s1. The second kappa shape index (κ2) is 8.45. The predicted molar refractivity (Wildman–Crippen MR) is 103 cm³/mol. The van der Waals surface area contributed by atoms with Gasteiger partial charge in [0.1, 0.15) is 12.4 Å². The predicted octanol–water partition coefficient (Wildman–Crippen LogP) is 1.45. The van der Waals surface area contributed by atoms with Gasteiger partial charge in [0, 0.05) is 12.1 Å². The van der Waals surface area contributed by atoms with Gasteiger partial charge < -0.3 is 9.80 Å². The lowest BCUT2D eigenvalue weighted by Gasteiger charge is -2.34. The molecule has 1 saturated heterocycles. The van der Waals surface area contributed by atoms with E-state index in [1.165, 1.54) is 6.07 Å². The van der Waals surface area contributed by atoms with Gasteiger partial charge in [-0.1, -0.05) is 30.5 Å². The molecule has 2 aliphatic rings. The van der Waals surface area contributed by atoms with Crippen LogP contribution in [0.3, 0.4) is 0 Å². The van der Waals surface area contributed by atoms with Crippen LogP contribution in [-0.2, 0) is 21.2 Å². The van der Waals surface area contributed by atoms with Crippen molar-refractivity contribution in [3.05, 3.63) is 34.6 Å². The number of nitrogens with one attached hydrogen (secondary N) is 1. The van der Waals surface area contributed by atoms with Crippen molar-refractivity contribution in [1.29, 1.82) is 0 Å². The Hall–Kier alpha value is -1.18. The molecule has 1 aromatic carbocycles. The zero-order valence-electron chi connectivity index (χ0n) is 15.6. The molecule has 0 bridgehead atoms. The number of carbonyl (C=O) groups is 1. The van der Waals surface area contributed by atoms with Crippen LogP contribution in [0.1, 0.15) is 37.7 Å². The number of amides is 1. The first kappa shape index (κ1) is 20.6. The maximum Gasteiger partial charge on any atom is 0.278 e. The van der Waals surface area contributed by atoms with Crippen molar-refractivity contribution in [1.82, 2.24) is 4.90 Å². The molecule has 1 amide bonds. The minimum Gasteiger partial charge on any atom is -0.331 e. The Kier molecular flexibility index (Phi) is 6.43. The van der Waals surface area contributed by atoms with Crippen molar-refractivity contribution >= 4 is 27.3 Å².